The molecule has 0 fully saturated rings. The van der Waals surface area contributed by atoms with Crippen LogP contribution in [0.5, 0.6) is 0 Å². The Morgan fingerprint density at radius 1 is 1.62 bits per heavy atom. The lowest BCUT2D eigenvalue weighted by atomic mass is 10.2. The summed E-state index contributed by atoms with van der Waals surface area (Å²) in [5, 5.41) is 0. The summed E-state index contributed by atoms with van der Waals surface area (Å²) in [6.07, 6.45) is 2.11. The monoisotopic (exact) mass is 198 g/mol. The smallest absolute Gasteiger partial charge is 0.0421 e. The van der Waals surface area contributed by atoms with Gasteiger partial charge in [-0.15, -0.1) is 0 Å². The maximum Gasteiger partial charge on any atom is 0.0421 e. The number of nitrogens with zero attached hydrogens (tertiary/aromatic N) is 1. The van der Waals surface area contributed by atoms with Crippen LogP contribution in [0.1, 0.15) is 25.6 Å². The van der Waals surface area contributed by atoms with Crippen LogP contribution in [0.15, 0.2) is 18.3 Å². The van der Waals surface area contributed by atoms with Crippen LogP contribution in [0.3, 0.4) is 0 Å². The molecule has 0 saturated heterocycles. The minimum atomic E-state index is 0.140. The Labute approximate surface area is 84.5 Å². The summed E-state index contributed by atoms with van der Waals surface area (Å²) < 4.78 is 2.24. The molecule has 13 heavy (non-hydrogen) atoms. The molecule has 1 aromatic heterocycles. The maximum absolute atomic E-state index is 5.84. The van der Waals surface area contributed by atoms with E-state index in [2.05, 4.69) is 29.8 Å². The number of thioether (sulfide) groups is 1. The highest BCUT2D eigenvalue weighted by Crippen LogP contribution is 2.11. The van der Waals surface area contributed by atoms with Gasteiger partial charge in [0, 0.05) is 30.2 Å². The van der Waals surface area contributed by atoms with Crippen LogP contribution in [0.2, 0.25) is 0 Å². The SMILES string of the molecule is CCSCCn1cccc1C(C)N. The zero-order valence-corrected chi connectivity index (χ0v) is 9.18. The highest BCUT2D eigenvalue weighted by Gasteiger charge is 2.04. The molecular formula is C10H18N2S. The standard InChI is InChI=1S/C10H18N2S/c1-3-13-8-7-12-6-4-5-10(12)9(2)11/h4-6,9H,3,7-8,11H2,1-2H3. The quantitative estimate of drug-likeness (QED) is 0.736. The number of aryl methyl sites for hydroxylation is 1. The van der Waals surface area contributed by atoms with Gasteiger partial charge in [0.1, 0.15) is 0 Å². The number of rotatable bonds is 5. The van der Waals surface area contributed by atoms with Crippen molar-refractivity contribution in [3.8, 4) is 0 Å². The summed E-state index contributed by atoms with van der Waals surface area (Å²) in [7, 11) is 0. The Balaban J connectivity index is 2.50. The molecule has 0 aliphatic heterocycles. The van der Waals surface area contributed by atoms with Gasteiger partial charge in [-0.25, -0.2) is 0 Å². The predicted molar refractivity (Wildman–Crippen MR) is 60.0 cm³/mol. The third-order valence-corrected chi connectivity index (χ3v) is 2.89. The van der Waals surface area contributed by atoms with Crippen LogP contribution in [0, 0.1) is 0 Å². The summed E-state index contributed by atoms with van der Waals surface area (Å²) >= 11 is 1.97. The van der Waals surface area contributed by atoms with E-state index >= 15 is 0 Å². The van der Waals surface area contributed by atoms with E-state index in [0.29, 0.717) is 0 Å². The molecule has 0 spiro atoms. The first-order valence-corrected chi connectivity index (χ1v) is 5.89. The Kier molecular flexibility index (Phi) is 4.39. The predicted octanol–water partition coefficient (Wildman–Crippen LogP) is 2.26. The Morgan fingerprint density at radius 2 is 2.38 bits per heavy atom. The minimum absolute atomic E-state index is 0.140. The molecule has 2 N–H and O–H groups in total. The van der Waals surface area contributed by atoms with Crippen LogP contribution >= 0.6 is 11.8 Å². The van der Waals surface area contributed by atoms with E-state index in [9.17, 15) is 0 Å². The fourth-order valence-corrected chi connectivity index (χ4v) is 1.97. The van der Waals surface area contributed by atoms with E-state index in [1.807, 2.05) is 18.7 Å². The molecule has 0 radical (unpaired) electrons. The van der Waals surface area contributed by atoms with E-state index in [4.69, 9.17) is 5.73 Å². The summed E-state index contributed by atoms with van der Waals surface area (Å²) in [4.78, 5) is 0. The summed E-state index contributed by atoms with van der Waals surface area (Å²) in [6, 6.07) is 4.30. The molecule has 2 nitrogen and oxygen atoms in total. The van der Waals surface area contributed by atoms with Crippen LogP contribution in [0.25, 0.3) is 0 Å². The van der Waals surface area contributed by atoms with Gasteiger partial charge in [0.25, 0.3) is 0 Å². The van der Waals surface area contributed by atoms with Gasteiger partial charge in [0.2, 0.25) is 0 Å². The summed E-state index contributed by atoms with van der Waals surface area (Å²) in [5.74, 6) is 2.36. The zero-order valence-electron chi connectivity index (χ0n) is 8.36. The lowest BCUT2D eigenvalue weighted by Crippen LogP contribution is -2.12. The molecule has 0 amide bonds. The molecule has 1 rings (SSSR count). The van der Waals surface area contributed by atoms with Gasteiger partial charge in [-0.1, -0.05) is 6.92 Å². The first kappa shape index (κ1) is 10.7. The van der Waals surface area contributed by atoms with E-state index in [-0.39, 0.29) is 6.04 Å². The Bertz CT molecular complexity index is 243. The number of nitrogens with two attached hydrogens (primary N) is 1. The fraction of sp³-hybridized carbons (Fsp3) is 0.600. The number of hydrogen-bond donors (Lipinski definition) is 1. The van der Waals surface area contributed by atoms with Crippen LogP contribution in [-0.2, 0) is 6.54 Å². The second-order valence-corrected chi connectivity index (χ2v) is 4.51. The van der Waals surface area contributed by atoms with Gasteiger partial charge in [0.15, 0.2) is 0 Å². The van der Waals surface area contributed by atoms with Crippen LogP contribution in [0.4, 0.5) is 0 Å². The summed E-state index contributed by atoms with van der Waals surface area (Å²) in [5.41, 5.74) is 7.07. The summed E-state index contributed by atoms with van der Waals surface area (Å²) in [6.45, 7) is 5.29. The molecule has 1 aromatic rings. The Morgan fingerprint density at radius 3 is 3.00 bits per heavy atom. The van der Waals surface area contributed by atoms with Crippen molar-refractivity contribution < 1.29 is 0 Å². The first-order chi connectivity index (χ1) is 6.25. The number of hydrogen-bond acceptors (Lipinski definition) is 2. The van der Waals surface area contributed by atoms with Gasteiger partial charge in [-0.2, -0.15) is 11.8 Å². The average Bonchev–Trinajstić information content (AvgIpc) is 2.53. The maximum atomic E-state index is 5.84. The molecule has 1 unspecified atom stereocenters. The average molecular weight is 198 g/mol. The van der Waals surface area contributed by atoms with Crippen molar-refractivity contribution in [2.75, 3.05) is 11.5 Å². The van der Waals surface area contributed by atoms with Gasteiger partial charge >= 0.3 is 0 Å². The highest BCUT2D eigenvalue weighted by molar-refractivity contribution is 7.99. The zero-order chi connectivity index (χ0) is 9.68. The van der Waals surface area contributed by atoms with Crippen LogP contribution in [-0.4, -0.2) is 16.1 Å². The van der Waals surface area contributed by atoms with Crippen molar-refractivity contribution in [1.82, 2.24) is 4.57 Å². The van der Waals surface area contributed by atoms with Crippen molar-refractivity contribution in [2.24, 2.45) is 5.73 Å². The van der Waals surface area contributed by atoms with Crippen molar-refractivity contribution in [3.63, 3.8) is 0 Å². The largest absolute Gasteiger partial charge is 0.349 e. The van der Waals surface area contributed by atoms with E-state index in [0.717, 1.165) is 6.54 Å². The molecule has 0 aliphatic carbocycles. The van der Waals surface area contributed by atoms with E-state index in [1.54, 1.807) is 0 Å². The Hall–Kier alpha value is -0.410. The molecular weight excluding hydrogens is 180 g/mol. The third kappa shape index (κ3) is 3.08. The van der Waals surface area contributed by atoms with Crippen LogP contribution < -0.4 is 5.73 Å². The van der Waals surface area contributed by atoms with Crippen molar-refractivity contribution in [1.29, 1.82) is 0 Å². The highest BCUT2D eigenvalue weighted by atomic mass is 32.2. The molecule has 0 saturated carbocycles. The fourth-order valence-electron chi connectivity index (χ4n) is 1.35. The van der Waals surface area contributed by atoms with Gasteiger partial charge in [-0.3, -0.25) is 0 Å². The van der Waals surface area contributed by atoms with Gasteiger partial charge < -0.3 is 10.3 Å². The second kappa shape index (κ2) is 5.35. The minimum Gasteiger partial charge on any atom is -0.349 e. The molecule has 0 aromatic carbocycles. The van der Waals surface area contributed by atoms with E-state index in [1.165, 1.54) is 17.2 Å². The molecule has 1 heterocycles. The first-order valence-electron chi connectivity index (χ1n) is 4.74. The van der Waals surface area contributed by atoms with E-state index < -0.39 is 0 Å². The molecule has 3 heteroatoms. The molecule has 0 bridgehead atoms. The lowest BCUT2D eigenvalue weighted by Gasteiger charge is -2.11. The second-order valence-electron chi connectivity index (χ2n) is 3.11. The molecule has 0 aliphatic rings. The molecule has 74 valence electrons. The van der Waals surface area contributed by atoms with Crippen molar-refractivity contribution in [2.45, 2.75) is 26.4 Å². The van der Waals surface area contributed by atoms with Crippen molar-refractivity contribution in [3.05, 3.63) is 24.0 Å². The molecule has 1 atom stereocenters. The van der Waals surface area contributed by atoms with Gasteiger partial charge in [-0.05, 0) is 24.8 Å². The number of aromatic nitrogens is 1. The van der Waals surface area contributed by atoms with Gasteiger partial charge in [0.05, 0.1) is 0 Å². The topological polar surface area (TPSA) is 30.9 Å². The lowest BCUT2D eigenvalue weighted by molar-refractivity contribution is 0.663. The van der Waals surface area contributed by atoms with Crippen molar-refractivity contribution >= 4 is 11.8 Å². The normalized spacial score (nSPS) is 13.2. The third-order valence-electron chi connectivity index (χ3n) is 2.01.